The van der Waals surface area contributed by atoms with Crippen molar-refractivity contribution >= 4 is 5.91 Å². The number of aromatic hydroxyl groups is 1. The van der Waals surface area contributed by atoms with Crippen molar-refractivity contribution in [1.29, 1.82) is 0 Å². The highest BCUT2D eigenvalue weighted by molar-refractivity contribution is 5.79. The Labute approximate surface area is 109 Å². The summed E-state index contributed by atoms with van der Waals surface area (Å²) in [4.78, 5) is 11.8. The maximum absolute atomic E-state index is 11.8. The summed E-state index contributed by atoms with van der Waals surface area (Å²) in [6.07, 6.45) is 4.80. The zero-order valence-corrected chi connectivity index (χ0v) is 11.3. The number of phenols is 1. The van der Waals surface area contributed by atoms with Crippen LogP contribution in [0.2, 0.25) is 0 Å². The Kier molecular flexibility index (Phi) is 6.26. The number of amides is 1. The highest BCUT2D eigenvalue weighted by Gasteiger charge is 2.09. The molecule has 0 aliphatic carbocycles. The summed E-state index contributed by atoms with van der Waals surface area (Å²) in [5.74, 6) is 0.159. The summed E-state index contributed by atoms with van der Waals surface area (Å²) in [6.45, 7) is 4.19. The second kappa shape index (κ2) is 7.75. The molecular formula is C15H23NO2. The fourth-order valence-corrected chi connectivity index (χ4v) is 1.93. The molecule has 0 spiro atoms. The second-order valence-electron chi connectivity index (χ2n) is 4.77. The van der Waals surface area contributed by atoms with Crippen LogP contribution in [0.3, 0.4) is 0 Å². The van der Waals surface area contributed by atoms with E-state index >= 15 is 0 Å². The van der Waals surface area contributed by atoms with Crippen molar-refractivity contribution in [2.75, 3.05) is 0 Å². The van der Waals surface area contributed by atoms with Gasteiger partial charge in [-0.15, -0.1) is 0 Å². The van der Waals surface area contributed by atoms with Gasteiger partial charge in [0.25, 0.3) is 0 Å². The van der Waals surface area contributed by atoms with Crippen molar-refractivity contribution in [3.05, 3.63) is 29.8 Å². The normalized spacial score (nSPS) is 12.1. The molecule has 0 saturated carbocycles. The molecule has 1 aromatic rings. The molecule has 100 valence electrons. The van der Waals surface area contributed by atoms with Crippen molar-refractivity contribution in [3.63, 3.8) is 0 Å². The summed E-state index contributed by atoms with van der Waals surface area (Å²) in [5, 5.41) is 12.6. The van der Waals surface area contributed by atoms with E-state index in [1.54, 1.807) is 18.2 Å². The summed E-state index contributed by atoms with van der Waals surface area (Å²) in [7, 11) is 0. The van der Waals surface area contributed by atoms with Crippen molar-refractivity contribution in [1.82, 2.24) is 5.32 Å². The summed E-state index contributed by atoms with van der Waals surface area (Å²) >= 11 is 0. The lowest BCUT2D eigenvalue weighted by Crippen LogP contribution is -2.33. The highest BCUT2D eigenvalue weighted by Crippen LogP contribution is 2.16. The zero-order valence-electron chi connectivity index (χ0n) is 11.3. The Morgan fingerprint density at radius 1 is 1.33 bits per heavy atom. The molecule has 1 unspecified atom stereocenters. The molecule has 0 fully saturated rings. The third-order valence-corrected chi connectivity index (χ3v) is 2.99. The van der Waals surface area contributed by atoms with E-state index in [0.29, 0.717) is 5.56 Å². The average molecular weight is 249 g/mol. The van der Waals surface area contributed by atoms with Crippen LogP contribution in [0.4, 0.5) is 0 Å². The van der Waals surface area contributed by atoms with Crippen LogP contribution in [-0.4, -0.2) is 17.1 Å². The van der Waals surface area contributed by atoms with Crippen molar-refractivity contribution in [3.8, 4) is 5.75 Å². The number of nitrogens with one attached hydrogen (secondary N) is 1. The van der Waals surface area contributed by atoms with Gasteiger partial charge < -0.3 is 10.4 Å². The van der Waals surface area contributed by atoms with Crippen molar-refractivity contribution in [2.45, 2.75) is 52.0 Å². The van der Waals surface area contributed by atoms with Crippen LogP contribution in [0.5, 0.6) is 5.75 Å². The van der Waals surface area contributed by atoms with E-state index in [1.165, 1.54) is 12.8 Å². The van der Waals surface area contributed by atoms with Gasteiger partial charge in [-0.25, -0.2) is 0 Å². The molecule has 1 atom stereocenters. The number of hydrogen-bond donors (Lipinski definition) is 2. The lowest BCUT2D eigenvalue weighted by Gasteiger charge is -2.13. The monoisotopic (exact) mass is 249 g/mol. The molecule has 0 aliphatic rings. The molecule has 3 heteroatoms. The molecule has 0 aliphatic heterocycles. The van der Waals surface area contributed by atoms with Crippen LogP contribution in [0.1, 0.15) is 45.1 Å². The minimum absolute atomic E-state index is 0.0273. The van der Waals surface area contributed by atoms with Gasteiger partial charge in [0.1, 0.15) is 5.75 Å². The Morgan fingerprint density at radius 2 is 2.06 bits per heavy atom. The van der Waals surface area contributed by atoms with Crippen LogP contribution >= 0.6 is 0 Å². The molecule has 0 heterocycles. The van der Waals surface area contributed by atoms with Gasteiger partial charge in [0.05, 0.1) is 6.42 Å². The Bertz CT molecular complexity index is 377. The number of hydrogen-bond acceptors (Lipinski definition) is 2. The predicted molar refractivity (Wildman–Crippen MR) is 73.6 cm³/mol. The Balaban J connectivity index is 2.35. The topological polar surface area (TPSA) is 49.3 Å². The molecule has 0 radical (unpaired) electrons. The smallest absolute Gasteiger partial charge is 0.224 e. The fourth-order valence-electron chi connectivity index (χ4n) is 1.93. The number of para-hydroxylation sites is 1. The highest BCUT2D eigenvalue weighted by atomic mass is 16.3. The molecule has 0 aromatic heterocycles. The molecule has 2 N–H and O–H groups in total. The average Bonchev–Trinajstić information content (AvgIpc) is 2.32. The first kappa shape index (κ1) is 14.6. The van der Waals surface area contributed by atoms with Gasteiger partial charge in [-0.05, 0) is 19.4 Å². The minimum Gasteiger partial charge on any atom is -0.508 e. The predicted octanol–water partition coefficient (Wildman–Crippen LogP) is 3.02. The Morgan fingerprint density at radius 3 is 2.72 bits per heavy atom. The van der Waals surface area contributed by atoms with E-state index in [4.69, 9.17) is 0 Å². The van der Waals surface area contributed by atoms with E-state index in [2.05, 4.69) is 12.2 Å². The van der Waals surface area contributed by atoms with Gasteiger partial charge in [-0.3, -0.25) is 4.79 Å². The molecular weight excluding hydrogens is 226 g/mol. The van der Waals surface area contributed by atoms with Gasteiger partial charge in [0.2, 0.25) is 5.91 Å². The zero-order chi connectivity index (χ0) is 13.4. The van der Waals surface area contributed by atoms with E-state index in [0.717, 1.165) is 12.8 Å². The van der Waals surface area contributed by atoms with Crippen LogP contribution in [0, 0.1) is 0 Å². The van der Waals surface area contributed by atoms with Crippen LogP contribution in [-0.2, 0) is 11.2 Å². The number of phenolic OH excluding ortho intramolecular Hbond substituents is 1. The van der Waals surface area contributed by atoms with Gasteiger partial charge in [-0.1, -0.05) is 44.4 Å². The fraction of sp³-hybridized carbons (Fsp3) is 0.533. The van der Waals surface area contributed by atoms with Crippen LogP contribution < -0.4 is 5.32 Å². The molecule has 1 aromatic carbocycles. The SMILES string of the molecule is CCCCCC(C)NC(=O)Cc1ccccc1O. The van der Waals surface area contributed by atoms with Gasteiger partial charge in [0.15, 0.2) is 0 Å². The van der Waals surface area contributed by atoms with E-state index < -0.39 is 0 Å². The first-order valence-corrected chi connectivity index (χ1v) is 6.69. The summed E-state index contributed by atoms with van der Waals surface area (Å²) in [5.41, 5.74) is 0.677. The first-order chi connectivity index (χ1) is 8.63. The van der Waals surface area contributed by atoms with Crippen LogP contribution in [0.25, 0.3) is 0 Å². The molecule has 0 saturated heterocycles. The number of rotatable bonds is 7. The van der Waals surface area contributed by atoms with Crippen molar-refractivity contribution in [2.24, 2.45) is 0 Å². The van der Waals surface area contributed by atoms with Crippen LogP contribution in [0.15, 0.2) is 24.3 Å². The number of benzene rings is 1. The number of unbranched alkanes of at least 4 members (excludes halogenated alkanes) is 2. The van der Waals surface area contributed by atoms with Crippen molar-refractivity contribution < 1.29 is 9.90 Å². The molecule has 1 rings (SSSR count). The lowest BCUT2D eigenvalue weighted by molar-refractivity contribution is -0.121. The third kappa shape index (κ3) is 5.21. The van der Waals surface area contributed by atoms with Gasteiger partial charge >= 0.3 is 0 Å². The lowest BCUT2D eigenvalue weighted by atomic mass is 10.1. The maximum Gasteiger partial charge on any atom is 0.224 e. The minimum atomic E-state index is -0.0273. The second-order valence-corrected chi connectivity index (χ2v) is 4.77. The summed E-state index contributed by atoms with van der Waals surface area (Å²) in [6, 6.07) is 7.16. The Hall–Kier alpha value is -1.51. The molecule has 0 bridgehead atoms. The summed E-state index contributed by atoms with van der Waals surface area (Å²) < 4.78 is 0. The standard InChI is InChI=1S/C15H23NO2/c1-3-4-5-8-12(2)16-15(18)11-13-9-6-7-10-14(13)17/h6-7,9-10,12,17H,3-5,8,11H2,1-2H3,(H,16,18). The van der Waals surface area contributed by atoms with E-state index in [9.17, 15) is 9.90 Å². The van der Waals surface area contributed by atoms with E-state index in [1.807, 2.05) is 13.0 Å². The number of carbonyl (C=O) groups excluding carboxylic acids is 1. The molecule has 18 heavy (non-hydrogen) atoms. The molecule has 3 nitrogen and oxygen atoms in total. The van der Waals surface area contributed by atoms with Gasteiger partial charge in [0, 0.05) is 11.6 Å². The van der Waals surface area contributed by atoms with E-state index in [-0.39, 0.29) is 24.1 Å². The third-order valence-electron chi connectivity index (χ3n) is 2.99. The largest absolute Gasteiger partial charge is 0.508 e. The molecule has 1 amide bonds. The first-order valence-electron chi connectivity index (χ1n) is 6.69. The quantitative estimate of drug-likeness (QED) is 0.730. The number of carbonyl (C=O) groups is 1. The maximum atomic E-state index is 11.8. The van der Waals surface area contributed by atoms with Gasteiger partial charge in [-0.2, -0.15) is 0 Å².